The Labute approximate surface area is 136 Å². The minimum atomic E-state index is 0.481. The van der Waals surface area contributed by atoms with Gasteiger partial charge in [-0.05, 0) is 57.0 Å². The van der Waals surface area contributed by atoms with Gasteiger partial charge in [-0.1, -0.05) is 27.7 Å². The first-order valence-electron chi connectivity index (χ1n) is 9.10. The highest BCUT2D eigenvalue weighted by atomic mass is 32.2. The number of hydrogen-bond acceptors (Lipinski definition) is 3. The van der Waals surface area contributed by atoms with Gasteiger partial charge in [-0.3, -0.25) is 0 Å². The van der Waals surface area contributed by atoms with E-state index in [1.807, 2.05) is 0 Å². The molecule has 2 rings (SSSR count). The molecule has 21 heavy (non-hydrogen) atoms. The van der Waals surface area contributed by atoms with Gasteiger partial charge in [-0.15, -0.1) is 0 Å². The van der Waals surface area contributed by atoms with Crippen molar-refractivity contribution in [2.24, 2.45) is 11.8 Å². The summed E-state index contributed by atoms with van der Waals surface area (Å²) in [4.78, 5) is 2.76. The van der Waals surface area contributed by atoms with Crippen LogP contribution in [0.15, 0.2) is 0 Å². The van der Waals surface area contributed by atoms with Crippen molar-refractivity contribution in [1.82, 2.24) is 10.2 Å². The maximum Gasteiger partial charge on any atom is 0.0116 e. The predicted molar refractivity (Wildman–Crippen MR) is 96.2 cm³/mol. The Morgan fingerprint density at radius 1 is 1.24 bits per heavy atom. The van der Waals surface area contributed by atoms with Crippen LogP contribution in [0, 0.1) is 11.8 Å². The van der Waals surface area contributed by atoms with Gasteiger partial charge in [0.05, 0.1) is 0 Å². The van der Waals surface area contributed by atoms with Crippen LogP contribution in [0.3, 0.4) is 0 Å². The molecule has 1 saturated heterocycles. The van der Waals surface area contributed by atoms with E-state index in [9.17, 15) is 0 Å². The van der Waals surface area contributed by atoms with Crippen LogP contribution in [0.5, 0.6) is 0 Å². The van der Waals surface area contributed by atoms with Crippen molar-refractivity contribution in [1.29, 1.82) is 0 Å². The second-order valence-electron chi connectivity index (χ2n) is 7.90. The van der Waals surface area contributed by atoms with Crippen LogP contribution >= 0.6 is 11.8 Å². The zero-order chi connectivity index (χ0) is 15.3. The Morgan fingerprint density at radius 2 is 2.05 bits per heavy atom. The van der Waals surface area contributed by atoms with Gasteiger partial charge in [0, 0.05) is 29.6 Å². The maximum absolute atomic E-state index is 3.83. The summed E-state index contributed by atoms with van der Waals surface area (Å²) in [6.45, 7) is 14.7. The van der Waals surface area contributed by atoms with Gasteiger partial charge < -0.3 is 10.2 Å². The maximum atomic E-state index is 3.83. The van der Waals surface area contributed by atoms with Crippen molar-refractivity contribution in [3.8, 4) is 0 Å². The molecule has 1 aliphatic heterocycles. The SMILES string of the molecule is CCCNC1CCC(C)CC1CN1CCSC(C)(C)CC1. The summed E-state index contributed by atoms with van der Waals surface area (Å²) >= 11 is 2.16. The van der Waals surface area contributed by atoms with Crippen LogP contribution < -0.4 is 5.32 Å². The van der Waals surface area contributed by atoms with Crippen LogP contribution in [0.4, 0.5) is 0 Å². The molecule has 0 radical (unpaired) electrons. The molecule has 1 aliphatic carbocycles. The second-order valence-corrected chi connectivity index (χ2v) is 9.70. The minimum absolute atomic E-state index is 0.481. The van der Waals surface area contributed by atoms with Gasteiger partial charge in [0.25, 0.3) is 0 Å². The minimum Gasteiger partial charge on any atom is -0.314 e. The Kier molecular flexibility index (Phi) is 6.89. The monoisotopic (exact) mass is 312 g/mol. The van der Waals surface area contributed by atoms with Crippen molar-refractivity contribution < 1.29 is 0 Å². The Hall–Kier alpha value is 0.270. The second kappa shape index (κ2) is 8.21. The summed E-state index contributed by atoms with van der Waals surface area (Å²) in [7, 11) is 0. The average molecular weight is 313 g/mol. The summed E-state index contributed by atoms with van der Waals surface area (Å²) in [5.74, 6) is 3.10. The fourth-order valence-electron chi connectivity index (χ4n) is 3.88. The van der Waals surface area contributed by atoms with E-state index in [0.717, 1.165) is 17.9 Å². The van der Waals surface area contributed by atoms with E-state index >= 15 is 0 Å². The molecule has 0 bridgehead atoms. The molecular weight excluding hydrogens is 276 g/mol. The first kappa shape index (κ1) is 17.6. The van der Waals surface area contributed by atoms with E-state index in [4.69, 9.17) is 0 Å². The van der Waals surface area contributed by atoms with Gasteiger partial charge >= 0.3 is 0 Å². The van der Waals surface area contributed by atoms with Crippen molar-refractivity contribution >= 4 is 11.8 Å². The summed E-state index contributed by atoms with van der Waals surface area (Å²) in [5, 5.41) is 3.83. The van der Waals surface area contributed by atoms with E-state index in [2.05, 4.69) is 49.7 Å². The molecule has 1 N–H and O–H groups in total. The van der Waals surface area contributed by atoms with Gasteiger partial charge in [0.2, 0.25) is 0 Å². The number of nitrogens with zero attached hydrogens (tertiary/aromatic N) is 1. The smallest absolute Gasteiger partial charge is 0.0116 e. The zero-order valence-corrected chi connectivity index (χ0v) is 15.5. The molecule has 3 unspecified atom stereocenters. The molecule has 0 aromatic heterocycles. The first-order valence-corrected chi connectivity index (χ1v) is 10.1. The fraction of sp³-hybridized carbons (Fsp3) is 1.00. The zero-order valence-electron chi connectivity index (χ0n) is 14.7. The van der Waals surface area contributed by atoms with Crippen LogP contribution in [0.25, 0.3) is 0 Å². The van der Waals surface area contributed by atoms with E-state index in [-0.39, 0.29) is 0 Å². The number of rotatable bonds is 5. The lowest BCUT2D eigenvalue weighted by molar-refractivity contribution is 0.148. The molecule has 0 amide bonds. The third-order valence-electron chi connectivity index (χ3n) is 5.32. The summed E-state index contributed by atoms with van der Waals surface area (Å²) in [6, 6.07) is 0.769. The normalized spacial score (nSPS) is 34.6. The molecule has 0 spiro atoms. The molecule has 3 atom stereocenters. The topological polar surface area (TPSA) is 15.3 Å². The lowest BCUT2D eigenvalue weighted by atomic mass is 9.78. The molecule has 1 heterocycles. The van der Waals surface area contributed by atoms with E-state index in [0.29, 0.717) is 4.75 Å². The van der Waals surface area contributed by atoms with Gasteiger partial charge in [0.1, 0.15) is 0 Å². The molecule has 3 heteroatoms. The molecule has 2 fully saturated rings. The third-order valence-corrected chi connectivity index (χ3v) is 6.70. The Balaban J connectivity index is 1.88. The molecule has 124 valence electrons. The first-order chi connectivity index (χ1) is 10.00. The molecule has 0 aromatic carbocycles. The molecule has 2 nitrogen and oxygen atoms in total. The van der Waals surface area contributed by atoms with Crippen molar-refractivity contribution in [2.45, 2.75) is 70.6 Å². The lowest BCUT2D eigenvalue weighted by Crippen LogP contribution is -2.46. The third kappa shape index (κ3) is 5.76. The van der Waals surface area contributed by atoms with Crippen LogP contribution in [0.1, 0.15) is 59.8 Å². The van der Waals surface area contributed by atoms with Crippen molar-refractivity contribution in [2.75, 3.05) is 31.9 Å². The van der Waals surface area contributed by atoms with Gasteiger partial charge in [-0.25, -0.2) is 0 Å². The van der Waals surface area contributed by atoms with Crippen molar-refractivity contribution in [3.63, 3.8) is 0 Å². The summed E-state index contributed by atoms with van der Waals surface area (Å²) < 4.78 is 0.481. The molecule has 2 aliphatic rings. The van der Waals surface area contributed by atoms with Gasteiger partial charge in [-0.2, -0.15) is 11.8 Å². The summed E-state index contributed by atoms with van der Waals surface area (Å²) in [6.07, 6.45) is 6.83. The fourth-order valence-corrected chi connectivity index (χ4v) is 5.01. The molecular formula is C18H36N2S. The summed E-state index contributed by atoms with van der Waals surface area (Å²) in [5.41, 5.74) is 0. The average Bonchev–Trinajstić information content (AvgIpc) is 2.59. The van der Waals surface area contributed by atoms with Crippen molar-refractivity contribution in [3.05, 3.63) is 0 Å². The van der Waals surface area contributed by atoms with Crippen LogP contribution in [-0.2, 0) is 0 Å². The standard InChI is InChI=1S/C18H36N2S/c1-5-9-19-17-7-6-15(2)13-16(17)14-20-10-8-18(3,4)21-12-11-20/h15-17,19H,5-14H2,1-4H3. The number of thioether (sulfide) groups is 1. The van der Waals surface area contributed by atoms with E-state index in [1.165, 1.54) is 64.0 Å². The molecule has 0 aromatic rings. The van der Waals surface area contributed by atoms with E-state index < -0.39 is 0 Å². The highest BCUT2D eigenvalue weighted by Crippen LogP contribution is 2.33. The number of nitrogens with one attached hydrogen (secondary N) is 1. The highest BCUT2D eigenvalue weighted by molar-refractivity contribution is 8.00. The Bertz CT molecular complexity index is 304. The quantitative estimate of drug-likeness (QED) is 0.826. The van der Waals surface area contributed by atoms with E-state index in [1.54, 1.807) is 0 Å². The highest BCUT2D eigenvalue weighted by Gasteiger charge is 2.31. The Morgan fingerprint density at radius 3 is 2.81 bits per heavy atom. The lowest BCUT2D eigenvalue weighted by Gasteiger charge is -2.38. The largest absolute Gasteiger partial charge is 0.314 e. The molecule has 1 saturated carbocycles. The van der Waals surface area contributed by atoms with Crippen LogP contribution in [0.2, 0.25) is 0 Å². The predicted octanol–water partition coefficient (Wildman–Crippen LogP) is 4.01. The van der Waals surface area contributed by atoms with Crippen LogP contribution in [-0.4, -0.2) is 47.6 Å². The van der Waals surface area contributed by atoms with Gasteiger partial charge in [0.15, 0.2) is 0 Å². The number of hydrogen-bond donors (Lipinski definition) is 1.